The zero-order chi connectivity index (χ0) is 15.2. The maximum atomic E-state index is 12.1. The quantitative estimate of drug-likeness (QED) is 0.406. The Kier molecular flexibility index (Phi) is 6.19. The molecule has 0 saturated heterocycles. The van der Waals surface area contributed by atoms with E-state index in [2.05, 4.69) is 29.6 Å². The van der Waals surface area contributed by atoms with Gasteiger partial charge in [0.05, 0.1) is 0 Å². The molecular formula is C13H21ClN4O2. The van der Waals surface area contributed by atoms with E-state index in [4.69, 9.17) is 22.2 Å². The number of carbonyl (C=O) groups is 1. The summed E-state index contributed by atoms with van der Waals surface area (Å²) in [5.74, 6) is 5.41. The first-order chi connectivity index (χ1) is 9.38. The van der Waals surface area contributed by atoms with Gasteiger partial charge in [0.25, 0.3) is 5.91 Å². The van der Waals surface area contributed by atoms with Crippen LogP contribution in [0.2, 0.25) is 5.15 Å². The van der Waals surface area contributed by atoms with Crippen molar-refractivity contribution in [1.29, 1.82) is 0 Å². The lowest BCUT2D eigenvalue weighted by Gasteiger charge is -2.24. The lowest BCUT2D eigenvalue weighted by Crippen LogP contribution is -2.34. The minimum Gasteiger partial charge on any atom is -0.385 e. The van der Waals surface area contributed by atoms with Crippen LogP contribution in [0.15, 0.2) is 12.1 Å². The van der Waals surface area contributed by atoms with Crippen molar-refractivity contribution in [3.63, 3.8) is 0 Å². The van der Waals surface area contributed by atoms with Gasteiger partial charge in [0.2, 0.25) is 0 Å². The van der Waals surface area contributed by atoms with Crippen LogP contribution in [0.3, 0.4) is 0 Å². The number of halogens is 1. The molecule has 0 aromatic carbocycles. The van der Waals surface area contributed by atoms with E-state index in [-0.39, 0.29) is 16.5 Å². The van der Waals surface area contributed by atoms with Crippen LogP contribution in [-0.4, -0.2) is 31.2 Å². The van der Waals surface area contributed by atoms with Crippen LogP contribution >= 0.6 is 11.6 Å². The molecule has 1 aromatic rings. The number of nitrogens with one attached hydrogen (secondary N) is 2. The van der Waals surface area contributed by atoms with Crippen molar-refractivity contribution in [3.8, 4) is 0 Å². The van der Waals surface area contributed by atoms with Crippen LogP contribution in [-0.2, 0) is 4.74 Å². The van der Waals surface area contributed by atoms with E-state index >= 15 is 0 Å². The van der Waals surface area contributed by atoms with Crippen LogP contribution in [0.5, 0.6) is 0 Å². The zero-order valence-electron chi connectivity index (χ0n) is 12.0. The first kappa shape index (κ1) is 16.7. The van der Waals surface area contributed by atoms with Gasteiger partial charge in [-0.1, -0.05) is 25.4 Å². The van der Waals surface area contributed by atoms with Crippen molar-refractivity contribution in [2.45, 2.75) is 20.3 Å². The van der Waals surface area contributed by atoms with E-state index < -0.39 is 0 Å². The van der Waals surface area contributed by atoms with E-state index in [0.29, 0.717) is 24.5 Å². The fraction of sp³-hybridized carbons (Fsp3) is 0.538. The molecule has 1 heterocycles. The number of hydrogen-bond donors (Lipinski definition) is 3. The predicted octanol–water partition coefficient (Wildman–Crippen LogP) is 1.81. The summed E-state index contributed by atoms with van der Waals surface area (Å²) in [5.41, 5.74) is 2.74. The Morgan fingerprint density at radius 1 is 1.50 bits per heavy atom. The molecule has 0 aliphatic heterocycles. The number of ether oxygens (including phenoxy) is 1. The van der Waals surface area contributed by atoms with Gasteiger partial charge in [0, 0.05) is 25.8 Å². The predicted molar refractivity (Wildman–Crippen MR) is 79.7 cm³/mol. The molecule has 0 bridgehead atoms. The second-order valence-electron chi connectivity index (χ2n) is 5.30. The van der Waals surface area contributed by atoms with Crippen LogP contribution in [0.1, 0.15) is 30.6 Å². The highest BCUT2D eigenvalue weighted by molar-refractivity contribution is 6.29. The Hall–Kier alpha value is -1.37. The van der Waals surface area contributed by atoms with Crippen LogP contribution in [0.4, 0.5) is 5.82 Å². The molecule has 1 aromatic heterocycles. The van der Waals surface area contributed by atoms with E-state index in [1.54, 1.807) is 13.2 Å². The molecule has 1 rings (SSSR count). The molecule has 0 unspecified atom stereocenters. The van der Waals surface area contributed by atoms with Gasteiger partial charge in [-0.3, -0.25) is 4.79 Å². The van der Waals surface area contributed by atoms with E-state index in [1.807, 2.05) is 0 Å². The van der Waals surface area contributed by atoms with Gasteiger partial charge in [-0.15, -0.1) is 0 Å². The number of nitrogen functional groups attached to an aromatic ring is 1. The van der Waals surface area contributed by atoms with E-state index in [0.717, 1.165) is 6.42 Å². The number of nitrogens with two attached hydrogens (primary N) is 1. The third-order valence-corrected chi connectivity index (χ3v) is 3.11. The summed E-state index contributed by atoms with van der Waals surface area (Å²) in [6.07, 6.45) is 0.858. The maximum absolute atomic E-state index is 12.1. The number of pyridine rings is 1. The van der Waals surface area contributed by atoms with Gasteiger partial charge in [0.1, 0.15) is 11.0 Å². The van der Waals surface area contributed by atoms with Crippen molar-refractivity contribution in [3.05, 3.63) is 22.8 Å². The molecular weight excluding hydrogens is 280 g/mol. The summed E-state index contributed by atoms with van der Waals surface area (Å²) in [4.78, 5) is 16.0. The Morgan fingerprint density at radius 2 is 2.20 bits per heavy atom. The van der Waals surface area contributed by atoms with Crippen LogP contribution in [0, 0.1) is 5.41 Å². The van der Waals surface area contributed by atoms with Crippen molar-refractivity contribution >= 4 is 23.3 Å². The third kappa shape index (κ3) is 5.32. The SMILES string of the molecule is COCCC(C)(C)CNC(=O)c1cc(Cl)nc(NN)c1. The fourth-order valence-electron chi connectivity index (χ4n) is 1.59. The molecule has 0 aliphatic carbocycles. The van der Waals surface area contributed by atoms with Crippen LogP contribution < -0.4 is 16.6 Å². The normalized spacial score (nSPS) is 11.2. The maximum Gasteiger partial charge on any atom is 0.251 e. The van der Waals surface area contributed by atoms with Crippen molar-refractivity contribution in [1.82, 2.24) is 10.3 Å². The largest absolute Gasteiger partial charge is 0.385 e. The molecule has 0 aliphatic rings. The molecule has 0 radical (unpaired) electrons. The number of hydrogen-bond acceptors (Lipinski definition) is 5. The lowest BCUT2D eigenvalue weighted by atomic mass is 9.89. The number of nitrogens with zero attached hydrogens (tertiary/aromatic N) is 1. The second-order valence-corrected chi connectivity index (χ2v) is 5.69. The molecule has 112 valence electrons. The van der Waals surface area contributed by atoms with Gasteiger partial charge in [0.15, 0.2) is 0 Å². The summed E-state index contributed by atoms with van der Waals surface area (Å²) in [5, 5.41) is 3.09. The first-order valence-electron chi connectivity index (χ1n) is 6.29. The minimum absolute atomic E-state index is 0.0442. The van der Waals surface area contributed by atoms with Gasteiger partial charge in [-0.2, -0.15) is 0 Å². The fourth-order valence-corrected chi connectivity index (χ4v) is 1.80. The monoisotopic (exact) mass is 300 g/mol. The Balaban J connectivity index is 2.65. The van der Waals surface area contributed by atoms with Gasteiger partial charge >= 0.3 is 0 Å². The number of aromatic nitrogens is 1. The molecule has 20 heavy (non-hydrogen) atoms. The highest BCUT2D eigenvalue weighted by atomic mass is 35.5. The molecule has 1 amide bonds. The highest BCUT2D eigenvalue weighted by Gasteiger charge is 2.19. The molecule has 7 heteroatoms. The van der Waals surface area contributed by atoms with E-state index in [1.165, 1.54) is 6.07 Å². The summed E-state index contributed by atoms with van der Waals surface area (Å²) in [6, 6.07) is 3.04. The molecule has 0 fully saturated rings. The van der Waals surface area contributed by atoms with Gasteiger partial charge in [-0.25, -0.2) is 10.8 Å². The summed E-state index contributed by atoms with van der Waals surface area (Å²) >= 11 is 5.83. The lowest BCUT2D eigenvalue weighted by molar-refractivity contribution is 0.0921. The number of carbonyl (C=O) groups excluding carboxylic acids is 1. The number of amides is 1. The molecule has 0 saturated carbocycles. The number of anilines is 1. The molecule has 0 spiro atoms. The topological polar surface area (TPSA) is 89.3 Å². The standard InChI is InChI=1S/C13H21ClN4O2/c1-13(2,4-5-20-3)8-16-12(19)9-6-10(14)17-11(7-9)18-15/h6-7H,4-5,8,15H2,1-3H3,(H,16,19)(H,17,18). The van der Waals surface area contributed by atoms with Crippen molar-refractivity contribution in [2.24, 2.45) is 11.3 Å². The second kappa shape index (κ2) is 7.42. The van der Waals surface area contributed by atoms with Crippen LogP contribution in [0.25, 0.3) is 0 Å². The molecule has 4 N–H and O–H groups in total. The Morgan fingerprint density at radius 3 is 2.80 bits per heavy atom. The first-order valence-corrected chi connectivity index (χ1v) is 6.67. The third-order valence-electron chi connectivity index (χ3n) is 2.91. The Labute approximate surface area is 124 Å². The minimum atomic E-state index is -0.212. The average Bonchev–Trinajstić information content (AvgIpc) is 2.42. The summed E-state index contributed by atoms with van der Waals surface area (Å²) in [6.45, 7) is 5.34. The van der Waals surface area contributed by atoms with E-state index in [9.17, 15) is 4.79 Å². The van der Waals surface area contributed by atoms with Crippen molar-refractivity contribution in [2.75, 3.05) is 25.7 Å². The van der Waals surface area contributed by atoms with Gasteiger partial charge < -0.3 is 15.5 Å². The summed E-state index contributed by atoms with van der Waals surface area (Å²) in [7, 11) is 1.66. The molecule has 6 nitrogen and oxygen atoms in total. The highest BCUT2D eigenvalue weighted by Crippen LogP contribution is 2.19. The number of hydrazine groups is 1. The van der Waals surface area contributed by atoms with Gasteiger partial charge in [-0.05, 0) is 24.0 Å². The number of methoxy groups -OCH3 is 1. The molecule has 0 atom stereocenters. The average molecular weight is 301 g/mol. The Bertz CT molecular complexity index is 466. The number of rotatable bonds is 7. The smallest absolute Gasteiger partial charge is 0.251 e. The summed E-state index contributed by atoms with van der Waals surface area (Å²) < 4.78 is 5.05. The zero-order valence-corrected chi connectivity index (χ0v) is 12.8. The van der Waals surface area contributed by atoms with Crippen molar-refractivity contribution < 1.29 is 9.53 Å².